The fourth-order valence-electron chi connectivity index (χ4n) is 4.80. The summed E-state index contributed by atoms with van der Waals surface area (Å²) in [5.74, 6) is -0.450. The number of imide groups is 1. The van der Waals surface area contributed by atoms with Crippen LogP contribution in [0.5, 0.6) is 11.5 Å². The van der Waals surface area contributed by atoms with Crippen LogP contribution >= 0.6 is 0 Å². The lowest BCUT2D eigenvalue weighted by molar-refractivity contribution is -0.136. The van der Waals surface area contributed by atoms with E-state index in [9.17, 15) is 19.5 Å². The Morgan fingerprint density at radius 2 is 1.94 bits per heavy atom. The zero-order chi connectivity index (χ0) is 24.5. The molecular formula is C25H28N4O6. The van der Waals surface area contributed by atoms with Gasteiger partial charge >= 0.3 is 0 Å². The van der Waals surface area contributed by atoms with E-state index in [4.69, 9.17) is 15.2 Å². The number of nitrogen functional groups attached to an aromatic ring is 1. The quantitative estimate of drug-likeness (QED) is 0.318. The van der Waals surface area contributed by atoms with Gasteiger partial charge in [0.2, 0.25) is 11.8 Å². The van der Waals surface area contributed by atoms with E-state index in [1.807, 2.05) is 0 Å². The maximum Gasteiger partial charge on any atom is 0.255 e. The number of hydrogen-bond acceptors (Lipinski definition) is 8. The van der Waals surface area contributed by atoms with Crippen LogP contribution in [0, 0.1) is 0 Å². The Labute approximate surface area is 202 Å². The second kappa shape index (κ2) is 9.55. The first-order valence-electron chi connectivity index (χ1n) is 11.7. The van der Waals surface area contributed by atoms with Crippen LogP contribution in [0.2, 0.25) is 0 Å². The summed E-state index contributed by atoms with van der Waals surface area (Å²) in [5, 5.41) is 12.9. The number of hydrogen-bond donors (Lipinski definition) is 3. The van der Waals surface area contributed by atoms with Crippen LogP contribution in [-0.4, -0.2) is 65.0 Å². The molecule has 1 unspecified atom stereocenters. The molecule has 0 radical (unpaired) electrons. The van der Waals surface area contributed by atoms with Crippen molar-refractivity contribution < 1.29 is 29.0 Å². The van der Waals surface area contributed by atoms with Crippen LogP contribution in [0.15, 0.2) is 30.3 Å². The molecule has 5 rings (SSSR count). The van der Waals surface area contributed by atoms with Crippen molar-refractivity contribution in [2.45, 2.75) is 38.6 Å². The van der Waals surface area contributed by atoms with Crippen LogP contribution in [0.3, 0.4) is 0 Å². The lowest BCUT2D eigenvalue weighted by Gasteiger charge is -2.29. The second-order valence-corrected chi connectivity index (χ2v) is 9.04. The van der Waals surface area contributed by atoms with Crippen molar-refractivity contribution in [3.8, 4) is 11.5 Å². The molecule has 2 fully saturated rings. The Kier molecular flexibility index (Phi) is 6.31. The summed E-state index contributed by atoms with van der Waals surface area (Å²) in [6.45, 7) is 3.91. The number of carbonyl (C=O) groups is 3. The molecule has 0 bridgehead atoms. The Hall–Kier alpha value is -3.63. The molecule has 0 saturated carbocycles. The van der Waals surface area contributed by atoms with Gasteiger partial charge in [-0.2, -0.15) is 0 Å². The van der Waals surface area contributed by atoms with Crippen molar-refractivity contribution in [3.05, 3.63) is 52.6 Å². The number of morpholine rings is 1. The third-order valence-corrected chi connectivity index (χ3v) is 6.76. The summed E-state index contributed by atoms with van der Waals surface area (Å²) in [4.78, 5) is 40.5. The Balaban J connectivity index is 1.29. The molecule has 3 aliphatic rings. The standard InChI is InChI=1S/C25H28N4O6/c26-19-10-16(21(30)11-15(19)12-28-6-8-34-9-7-28)14-35-22-3-1-2-17-18(22)13-29(25(17)33)20-4-5-23(31)27-24(20)32/h1-3,10-11,20,30H,4-9,12-14,26H2,(H,27,31,32). The molecule has 3 amide bonds. The van der Waals surface area contributed by atoms with E-state index in [2.05, 4.69) is 10.2 Å². The summed E-state index contributed by atoms with van der Waals surface area (Å²) in [6, 6.07) is 7.88. The van der Waals surface area contributed by atoms with Crippen molar-refractivity contribution >= 4 is 23.4 Å². The third-order valence-electron chi connectivity index (χ3n) is 6.76. The first kappa shape index (κ1) is 23.1. The van der Waals surface area contributed by atoms with Gasteiger partial charge in [-0.25, -0.2) is 0 Å². The molecule has 0 aromatic heterocycles. The highest BCUT2D eigenvalue weighted by Crippen LogP contribution is 2.35. The number of rotatable bonds is 6. The first-order valence-corrected chi connectivity index (χ1v) is 11.7. The van der Waals surface area contributed by atoms with Crippen molar-refractivity contribution in [1.29, 1.82) is 0 Å². The molecule has 3 aliphatic heterocycles. The highest BCUT2D eigenvalue weighted by atomic mass is 16.5. The van der Waals surface area contributed by atoms with Crippen LogP contribution in [0.1, 0.15) is 39.9 Å². The topological polar surface area (TPSA) is 134 Å². The number of carbonyl (C=O) groups excluding carboxylic acids is 3. The molecule has 3 heterocycles. The Morgan fingerprint density at radius 1 is 1.14 bits per heavy atom. The Bertz CT molecular complexity index is 1180. The number of nitrogens with two attached hydrogens (primary N) is 1. The summed E-state index contributed by atoms with van der Waals surface area (Å²) in [7, 11) is 0. The highest BCUT2D eigenvalue weighted by molar-refractivity contribution is 6.05. The largest absolute Gasteiger partial charge is 0.508 e. The number of aromatic hydroxyl groups is 1. The van der Waals surface area contributed by atoms with E-state index < -0.39 is 11.9 Å². The molecule has 2 aromatic rings. The average Bonchev–Trinajstić information content (AvgIpc) is 3.18. The summed E-state index contributed by atoms with van der Waals surface area (Å²) in [5.41, 5.74) is 9.38. The second-order valence-electron chi connectivity index (χ2n) is 9.04. The van der Waals surface area contributed by atoms with E-state index in [-0.39, 0.29) is 37.1 Å². The molecule has 10 nitrogen and oxygen atoms in total. The highest BCUT2D eigenvalue weighted by Gasteiger charge is 2.40. The van der Waals surface area contributed by atoms with Gasteiger partial charge in [0.25, 0.3) is 5.91 Å². The minimum absolute atomic E-state index is 0.0664. The third kappa shape index (κ3) is 4.67. The van der Waals surface area contributed by atoms with Crippen molar-refractivity contribution in [3.63, 3.8) is 0 Å². The van der Waals surface area contributed by atoms with Crippen LogP contribution < -0.4 is 15.8 Å². The molecule has 0 spiro atoms. The van der Waals surface area contributed by atoms with E-state index in [1.54, 1.807) is 30.3 Å². The summed E-state index contributed by atoms with van der Waals surface area (Å²) in [6.07, 6.45) is 0.493. The molecule has 2 saturated heterocycles. The van der Waals surface area contributed by atoms with Gasteiger partial charge < -0.3 is 25.2 Å². The number of nitrogens with one attached hydrogen (secondary N) is 1. The van der Waals surface area contributed by atoms with Gasteiger partial charge in [0.15, 0.2) is 0 Å². The molecule has 1 atom stereocenters. The average molecular weight is 481 g/mol. The number of fused-ring (bicyclic) bond motifs is 1. The first-order chi connectivity index (χ1) is 16.9. The number of benzene rings is 2. The number of anilines is 1. The maximum atomic E-state index is 13.0. The smallest absolute Gasteiger partial charge is 0.255 e. The van der Waals surface area contributed by atoms with Crippen molar-refractivity contribution in [2.75, 3.05) is 32.0 Å². The number of phenolic OH excluding ortho intramolecular Hbond substituents is 1. The number of phenols is 1. The lowest BCUT2D eigenvalue weighted by Crippen LogP contribution is -2.52. The van der Waals surface area contributed by atoms with Crippen LogP contribution in [0.25, 0.3) is 0 Å². The minimum atomic E-state index is -0.691. The van der Waals surface area contributed by atoms with Gasteiger partial charge in [0.1, 0.15) is 24.1 Å². The van der Waals surface area contributed by atoms with Crippen LogP contribution in [0.4, 0.5) is 5.69 Å². The summed E-state index contributed by atoms with van der Waals surface area (Å²) >= 11 is 0. The van der Waals surface area contributed by atoms with Gasteiger partial charge in [0, 0.05) is 48.4 Å². The fourth-order valence-corrected chi connectivity index (χ4v) is 4.80. The van der Waals surface area contributed by atoms with E-state index in [1.165, 1.54) is 4.90 Å². The molecule has 0 aliphatic carbocycles. The normalized spacial score (nSPS) is 20.6. The van der Waals surface area contributed by atoms with E-state index >= 15 is 0 Å². The predicted molar refractivity (Wildman–Crippen MR) is 125 cm³/mol. The van der Waals surface area contributed by atoms with Gasteiger partial charge in [-0.3, -0.25) is 24.6 Å². The SMILES string of the molecule is Nc1cc(COc2cccc3c2CN(C2CCC(=O)NC2=O)C3=O)c(O)cc1CN1CCOCC1. The van der Waals surface area contributed by atoms with Gasteiger partial charge in [-0.15, -0.1) is 0 Å². The molecule has 2 aromatic carbocycles. The van der Waals surface area contributed by atoms with Gasteiger partial charge in [-0.05, 0) is 36.2 Å². The molecule has 35 heavy (non-hydrogen) atoms. The van der Waals surface area contributed by atoms with E-state index in [0.717, 1.165) is 18.7 Å². The number of amides is 3. The van der Waals surface area contributed by atoms with Gasteiger partial charge in [-0.1, -0.05) is 6.07 Å². The van der Waals surface area contributed by atoms with Crippen LogP contribution in [-0.2, 0) is 34.0 Å². The number of piperidine rings is 1. The lowest BCUT2D eigenvalue weighted by atomic mass is 10.0. The fraction of sp³-hybridized carbons (Fsp3) is 0.400. The predicted octanol–water partition coefficient (Wildman–Crippen LogP) is 1.15. The summed E-state index contributed by atoms with van der Waals surface area (Å²) < 4.78 is 11.4. The Morgan fingerprint density at radius 3 is 2.71 bits per heavy atom. The number of ether oxygens (including phenoxy) is 2. The zero-order valence-electron chi connectivity index (χ0n) is 19.3. The molecule has 184 valence electrons. The van der Waals surface area contributed by atoms with Crippen molar-refractivity contribution in [2.24, 2.45) is 0 Å². The minimum Gasteiger partial charge on any atom is -0.508 e. The monoisotopic (exact) mass is 480 g/mol. The molecule has 10 heteroatoms. The molecule has 4 N–H and O–H groups in total. The van der Waals surface area contributed by atoms with Gasteiger partial charge in [0.05, 0.1) is 19.8 Å². The zero-order valence-corrected chi connectivity index (χ0v) is 19.3. The van der Waals surface area contributed by atoms with E-state index in [0.29, 0.717) is 54.3 Å². The van der Waals surface area contributed by atoms with Crippen molar-refractivity contribution in [1.82, 2.24) is 15.1 Å². The number of nitrogens with zero attached hydrogens (tertiary/aromatic N) is 2. The molecular weight excluding hydrogens is 452 g/mol. The maximum absolute atomic E-state index is 13.0.